The summed E-state index contributed by atoms with van der Waals surface area (Å²) >= 11 is 3.47. The minimum atomic E-state index is 0.264. The lowest BCUT2D eigenvalue weighted by molar-refractivity contribution is 0.186. The standard InChI is InChI=1S/C14H22BrNO/c1-4-6-13(10-16-5-2)17-14-8-7-12(15)9-11(14)3/h7-9,13,16H,4-6,10H2,1-3H3. The highest BCUT2D eigenvalue weighted by molar-refractivity contribution is 9.10. The van der Waals surface area contributed by atoms with Crippen LogP contribution in [0.3, 0.4) is 0 Å². The molecule has 0 bridgehead atoms. The summed E-state index contributed by atoms with van der Waals surface area (Å²) in [6, 6.07) is 6.15. The zero-order valence-electron chi connectivity index (χ0n) is 10.9. The van der Waals surface area contributed by atoms with Crippen molar-refractivity contribution in [1.82, 2.24) is 5.32 Å². The van der Waals surface area contributed by atoms with Gasteiger partial charge in [0, 0.05) is 11.0 Å². The first-order valence-corrected chi connectivity index (χ1v) is 7.10. The Bertz CT molecular complexity index is 341. The molecule has 0 saturated heterocycles. The maximum absolute atomic E-state index is 6.06. The van der Waals surface area contributed by atoms with Crippen LogP contribution in [0.15, 0.2) is 22.7 Å². The molecule has 1 atom stereocenters. The summed E-state index contributed by atoms with van der Waals surface area (Å²) in [6.45, 7) is 8.30. The van der Waals surface area contributed by atoms with Gasteiger partial charge in [-0.1, -0.05) is 36.2 Å². The van der Waals surface area contributed by atoms with Crippen molar-refractivity contribution in [1.29, 1.82) is 0 Å². The van der Waals surface area contributed by atoms with E-state index in [1.807, 2.05) is 12.1 Å². The number of hydrogen-bond donors (Lipinski definition) is 1. The fourth-order valence-corrected chi connectivity index (χ4v) is 2.23. The Hall–Kier alpha value is -0.540. The summed E-state index contributed by atoms with van der Waals surface area (Å²) < 4.78 is 7.16. The molecule has 17 heavy (non-hydrogen) atoms. The number of benzene rings is 1. The van der Waals surface area contributed by atoms with Crippen molar-refractivity contribution >= 4 is 15.9 Å². The molecule has 1 rings (SSSR count). The van der Waals surface area contributed by atoms with Crippen molar-refractivity contribution in [3.63, 3.8) is 0 Å². The predicted octanol–water partition coefficient (Wildman–Crippen LogP) is 3.91. The molecule has 0 aliphatic rings. The third kappa shape index (κ3) is 5.09. The number of ether oxygens (including phenoxy) is 1. The van der Waals surface area contributed by atoms with Gasteiger partial charge in [-0.2, -0.15) is 0 Å². The summed E-state index contributed by atoms with van der Waals surface area (Å²) in [4.78, 5) is 0. The number of halogens is 1. The predicted molar refractivity (Wildman–Crippen MR) is 76.7 cm³/mol. The Morgan fingerprint density at radius 1 is 1.35 bits per heavy atom. The lowest BCUT2D eigenvalue weighted by Crippen LogP contribution is -2.31. The molecule has 96 valence electrons. The Morgan fingerprint density at radius 2 is 2.12 bits per heavy atom. The molecule has 0 spiro atoms. The molecule has 3 heteroatoms. The highest BCUT2D eigenvalue weighted by Crippen LogP contribution is 2.23. The normalized spacial score (nSPS) is 12.5. The fraction of sp³-hybridized carbons (Fsp3) is 0.571. The monoisotopic (exact) mass is 299 g/mol. The molecule has 1 aromatic rings. The van der Waals surface area contributed by atoms with E-state index in [2.05, 4.69) is 48.1 Å². The van der Waals surface area contributed by atoms with Crippen molar-refractivity contribution in [2.75, 3.05) is 13.1 Å². The summed E-state index contributed by atoms with van der Waals surface area (Å²) in [5.41, 5.74) is 1.18. The summed E-state index contributed by atoms with van der Waals surface area (Å²) in [5.74, 6) is 0.990. The molecule has 0 fully saturated rings. The second-order valence-corrected chi connectivity index (χ2v) is 5.16. The first-order valence-electron chi connectivity index (χ1n) is 6.30. The SMILES string of the molecule is CCCC(CNCC)Oc1ccc(Br)cc1C. The van der Waals surface area contributed by atoms with E-state index in [0.29, 0.717) is 0 Å². The van der Waals surface area contributed by atoms with E-state index in [0.717, 1.165) is 36.2 Å². The van der Waals surface area contributed by atoms with Gasteiger partial charge in [0.15, 0.2) is 0 Å². The van der Waals surface area contributed by atoms with Crippen LogP contribution >= 0.6 is 15.9 Å². The summed E-state index contributed by atoms with van der Waals surface area (Å²) in [7, 11) is 0. The van der Waals surface area contributed by atoms with Crippen LogP contribution < -0.4 is 10.1 Å². The van der Waals surface area contributed by atoms with Gasteiger partial charge >= 0.3 is 0 Å². The van der Waals surface area contributed by atoms with Gasteiger partial charge < -0.3 is 10.1 Å². The van der Waals surface area contributed by atoms with E-state index >= 15 is 0 Å². The Morgan fingerprint density at radius 3 is 2.71 bits per heavy atom. The smallest absolute Gasteiger partial charge is 0.122 e. The third-order valence-electron chi connectivity index (χ3n) is 2.66. The van der Waals surface area contributed by atoms with Gasteiger partial charge in [0.05, 0.1) is 0 Å². The van der Waals surface area contributed by atoms with Crippen molar-refractivity contribution in [2.45, 2.75) is 39.7 Å². The van der Waals surface area contributed by atoms with Crippen LogP contribution in [-0.4, -0.2) is 19.2 Å². The molecule has 1 aromatic carbocycles. The van der Waals surface area contributed by atoms with Crippen LogP contribution in [0.25, 0.3) is 0 Å². The van der Waals surface area contributed by atoms with Gasteiger partial charge in [-0.25, -0.2) is 0 Å². The van der Waals surface area contributed by atoms with E-state index in [1.165, 1.54) is 5.56 Å². The van der Waals surface area contributed by atoms with E-state index < -0.39 is 0 Å². The molecule has 0 aliphatic carbocycles. The molecule has 2 nitrogen and oxygen atoms in total. The molecule has 0 heterocycles. The first kappa shape index (κ1) is 14.5. The lowest BCUT2D eigenvalue weighted by atomic mass is 10.2. The average molecular weight is 300 g/mol. The Labute approximate surface area is 113 Å². The van der Waals surface area contributed by atoms with Gasteiger partial charge in [0.2, 0.25) is 0 Å². The minimum Gasteiger partial charge on any atom is -0.489 e. The van der Waals surface area contributed by atoms with Crippen LogP contribution in [-0.2, 0) is 0 Å². The first-order chi connectivity index (χ1) is 8.17. The lowest BCUT2D eigenvalue weighted by Gasteiger charge is -2.20. The van der Waals surface area contributed by atoms with Crippen LogP contribution in [0, 0.1) is 6.92 Å². The minimum absolute atomic E-state index is 0.264. The van der Waals surface area contributed by atoms with Gasteiger partial charge in [-0.3, -0.25) is 0 Å². The van der Waals surface area contributed by atoms with Crippen LogP contribution in [0.2, 0.25) is 0 Å². The van der Waals surface area contributed by atoms with E-state index in [-0.39, 0.29) is 6.10 Å². The topological polar surface area (TPSA) is 21.3 Å². The van der Waals surface area contributed by atoms with Gasteiger partial charge in [0.1, 0.15) is 11.9 Å². The molecule has 0 aromatic heterocycles. The van der Waals surface area contributed by atoms with E-state index in [4.69, 9.17) is 4.74 Å². The fourth-order valence-electron chi connectivity index (χ4n) is 1.75. The quantitative estimate of drug-likeness (QED) is 0.824. The number of rotatable bonds is 7. The molecule has 1 unspecified atom stereocenters. The third-order valence-corrected chi connectivity index (χ3v) is 3.16. The number of hydrogen-bond acceptors (Lipinski definition) is 2. The number of aryl methyl sites for hydroxylation is 1. The highest BCUT2D eigenvalue weighted by atomic mass is 79.9. The molecule has 0 amide bonds. The van der Waals surface area contributed by atoms with Crippen molar-refractivity contribution in [3.05, 3.63) is 28.2 Å². The van der Waals surface area contributed by atoms with Crippen LogP contribution in [0.1, 0.15) is 32.3 Å². The average Bonchev–Trinajstić information content (AvgIpc) is 2.29. The zero-order chi connectivity index (χ0) is 12.7. The molecule has 0 radical (unpaired) electrons. The van der Waals surface area contributed by atoms with Gasteiger partial charge in [-0.05, 0) is 43.7 Å². The molecule has 1 N–H and O–H groups in total. The molecule has 0 saturated carbocycles. The maximum Gasteiger partial charge on any atom is 0.122 e. The maximum atomic E-state index is 6.06. The van der Waals surface area contributed by atoms with Crippen molar-refractivity contribution in [2.24, 2.45) is 0 Å². The summed E-state index contributed by atoms with van der Waals surface area (Å²) in [6.07, 6.45) is 2.49. The Balaban J connectivity index is 2.64. The van der Waals surface area contributed by atoms with Crippen molar-refractivity contribution in [3.8, 4) is 5.75 Å². The van der Waals surface area contributed by atoms with Gasteiger partial charge in [-0.15, -0.1) is 0 Å². The van der Waals surface area contributed by atoms with Crippen LogP contribution in [0.4, 0.5) is 0 Å². The van der Waals surface area contributed by atoms with Crippen molar-refractivity contribution < 1.29 is 4.74 Å². The van der Waals surface area contributed by atoms with Crippen LogP contribution in [0.5, 0.6) is 5.75 Å². The van der Waals surface area contributed by atoms with E-state index in [9.17, 15) is 0 Å². The molecular formula is C14H22BrNO. The largest absolute Gasteiger partial charge is 0.489 e. The van der Waals surface area contributed by atoms with E-state index in [1.54, 1.807) is 0 Å². The second-order valence-electron chi connectivity index (χ2n) is 4.25. The summed E-state index contributed by atoms with van der Waals surface area (Å²) in [5, 5.41) is 3.35. The van der Waals surface area contributed by atoms with Gasteiger partial charge in [0.25, 0.3) is 0 Å². The Kier molecular flexibility index (Phi) is 6.60. The number of nitrogens with one attached hydrogen (secondary N) is 1. The second kappa shape index (κ2) is 7.72. The zero-order valence-corrected chi connectivity index (χ0v) is 12.5. The number of likely N-dealkylation sites (N-methyl/N-ethyl adjacent to an activating group) is 1. The molecule has 0 aliphatic heterocycles. The molecular weight excluding hydrogens is 278 g/mol. The highest BCUT2D eigenvalue weighted by Gasteiger charge is 2.10.